The number of benzene rings is 1. The predicted molar refractivity (Wildman–Crippen MR) is 97.6 cm³/mol. The maximum absolute atomic E-state index is 12.4. The number of nitrogens with one attached hydrogen (secondary N) is 2. The Morgan fingerprint density at radius 3 is 2.56 bits per heavy atom. The van der Waals surface area contributed by atoms with E-state index in [1.165, 1.54) is 32.3 Å². The second-order valence-corrected chi connectivity index (χ2v) is 9.01. The third kappa shape index (κ3) is 4.79. The first-order chi connectivity index (χ1) is 11.7. The highest BCUT2D eigenvalue weighted by atomic mass is 35.5. The SMILES string of the molecule is CNC(=O)c1cccc(NC(=O)CN(C)S(=O)(=O)c2ccc(Cl)s2)c1. The lowest BCUT2D eigenvalue weighted by atomic mass is 10.2. The Morgan fingerprint density at radius 2 is 1.96 bits per heavy atom. The maximum Gasteiger partial charge on any atom is 0.252 e. The number of hydrogen-bond acceptors (Lipinski definition) is 5. The van der Waals surface area contributed by atoms with Crippen molar-refractivity contribution in [3.05, 3.63) is 46.3 Å². The van der Waals surface area contributed by atoms with Crippen LogP contribution in [0.5, 0.6) is 0 Å². The Labute approximate surface area is 154 Å². The topological polar surface area (TPSA) is 95.6 Å². The Balaban J connectivity index is 2.06. The molecular weight excluding hydrogens is 386 g/mol. The summed E-state index contributed by atoms with van der Waals surface area (Å²) >= 11 is 6.68. The minimum absolute atomic E-state index is 0.0643. The van der Waals surface area contributed by atoms with E-state index in [-0.39, 0.29) is 16.7 Å². The number of hydrogen-bond donors (Lipinski definition) is 2. The van der Waals surface area contributed by atoms with Crippen molar-refractivity contribution in [2.45, 2.75) is 4.21 Å². The highest BCUT2D eigenvalue weighted by Crippen LogP contribution is 2.27. The van der Waals surface area contributed by atoms with Gasteiger partial charge in [-0.1, -0.05) is 17.7 Å². The molecule has 25 heavy (non-hydrogen) atoms. The average Bonchev–Trinajstić information content (AvgIpc) is 3.01. The summed E-state index contributed by atoms with van der Waals surface area (Å²) in [7, 11) is -0.975. The lowest BCUT2D eigenvalue weighted by Crippen LogP contribution is -2.34. The van der Waals surface area contributed by atoms with Crippen LogP contribution < -0.4 is 10.6 Å². The smallest absolute Gasteiger partial charge is 0.252 e. The zero-order chi connectivity index (χ0) is 18.6. The number of carbonyl (C=O) groups excluding carboxylic acids is 2. The predicted octanol–water partition coefficient (Wildman–Crippen LogP) is 2.02. The van der Waals surface area contributed by atoms with Gasteiger partial charge >= 0.3 is 0 Å². The first-order valence-electron chi connectivity index (χ1n) is 7.07. The van der Waals surface area contributed by atoms with Gasteiger partial charge in [-0.2, -0.15) is 4.31 Å². The van der Waals surface area contributed by atoms with Crippen molar-refractivity contribution in [2.75, 3.05) is 26.0 Å². The van der Waals surface area contributed by atoms with E-state index in [9.17, 15) is 18.0 Å². The standard InChI is InChI=1S/C15H16ClN3O4S2/c1-17-15(21)10-4-3-5-11(8-10)18-13(20)9-19(2)25(22,23)14-7-6-12(16)24-14/h3-8H,9H2,1-2H3,(H,17,21)(H,18,20). The number of halogens is 1. The third-order valence-electron chi connectivity index (χ3n) is 3.21. The van der Waals surface area contributed by atoms with Crippen LogP contribution in [0.1, 0.15) is 10.4 Å². The van der Waals surface area contributed by atoms with Gasteiger partial charge in [-0.15, -0.1) is 11.3 Å². The monoisotopic (exact) mass is 401 g/mol. The molecule has 0 spiro atoms. The maximum atomic E-state index is 12.4. The molecule has 0 atom stereocenters. The number of likely N-dealkylation sites (N-methyl/N-ethyl adjacent to an activating group) is 1. The van der Waals surface area contributed by atoms with Crippen LogP contribution in [0.3, 0.4) is 0 Å². The van der Waals surface area contributed by atoms with Gasteiger partial charge in [0.15, 0.2) is 0 Å². The molecule has 1 aromatic carbocycles. The van der Waals surface area contributed by atoms with Gasteiger partial charge in [0, 0.05) is 25.3 Å². The van der Waals surface area contributed by atoms with E-state index < -0.39 is 15.9 Å². The fourth-order valence-corrected chi connectivity index (χ4v) is 4.78. The first kappa shape index (κ1) is 19.4. The number of thiophene rings is 1. The summed E-state index contributed by atoms with van der Waals surface area (Å²) in [6.07, 6.45) is 0. The minimum Gasteiger partial charge on any atom is -0.355 e. The number of amides is 2. The highest BCUT2D eigenvalue weighted by Gasteiger charge is 2.24. The molecule has 0 saturated carbocycles. The van der Waals surface area contributed by atoms with Crippen molar-refractivity contribution in [1.29, 1.82) is 0 Å². The van der Waals surface area contributed by atoms with Crippen molar-refractivity contribution in [1.82, 2.24) is 9.62 Å². The van der Waals surface area contributed by atoms with Crippen LogP contribution in [0.4, 0.5) is 5.69 Å². The van der Waals surface area contributed by atoms with Crippen molar-refractivity contribution < 1.29 is 18.0 Å². The molecule has 0 fully saturated rings. The van der Waals surface area contributed by atoms with Crippen molar-refractivity contribution in [3.8, 4) is 0 Å². The highest BCUT2D eigenvalue weighted by molar-refractivity contribution is 7.91. The van der Waals surface area contributed by atoms with E-state index in [2.05, 4.69) is 10.6 Å². The quantitative estimate of drug-likeness (QED) is 0.774. The molecule has 2 amide bonds. The molecule has 0 aliphatic carbocycles. The molecule has 7 nitrogen and oxygen atoms in total. The largest absolute Gasteiger partial charge is 0.355 e. The van der Waals surface area contributed by atoms with E-state index in [1.54, 1.807) is 18.2 Å². The normalized spacial score (nSPS) is 11.4. The van der Waals surface area contributed by atoms with Gasteiger partial charge in [0.1, 0.15) is 4.21 Å². The summed E-state index contributed by atoms with van der Waals surface area (Å²) in [5.74, 6) is -0.812. The number of sulfonamides is 1. The van der Waals surface area contributed by atoms with Gasteiger partial charge in [0.25, 0.3) is 15.9 Å². The van der Waals surface area contributed by atoms with E-state index >= 15 is 0 Å². The van der Waals surface area contributed by atoms with Crippen molar-refractivity contribution >= 4 is 50.5 Å². The van der Waals surface area contributed by atoms with Gasteiger partial charge in [0.05, 0.1) is 10.9 Å². The van der Waals surface area contributed by atoms with Crippen LogP contribution in [0, 0.1) is 0 Å². The van der Waals surface area contributed by atoms with E-state index in [1.807, 2.05) is 0 Å². The van der Waals surface area contributed by atoms with Crippen LogP contribution in [-0.4, -0.2) is 45.2 Å². The Hall–Kier alpha value is -1.94. The van der Waals surface area contributed by atoms with Gasteiger partial charge < -0.3 is 10.6 Å². The van der Waals surface area contributed by atoms with Gasteiger partial charge in [-0.25, -0.2) is 8.42 Å². The second-order valence-electron chi connectivity index (χ2n) is 5.03. The van der Waals surface area contributed by atoms with E-state index in [4.69, 9.17) is 11.6 Å². The molecule has 1 heterocycles. The van der Waals surface area contributed by atoms with Gasteiger partial charge in [-0.05, 0) is 30.3 Å². The number of anilines is 1. The van der Waals surface area contributed by atoms with Crippen molar-refractivity contribution in [2.24, 2.45) is 0 Å². The average molecular weight is 402 g/mol. The summed E-state index contributed by atoms with van der Waals surface area (Å²) in [6.45, 7) is -0.373. The first-order valence-corrected chi connectivity index (χ1v) is 9.71. The zero-order valence-electron chi connectivity index (χ0n) is 13.4. The molecule has 2 aromatic rings. The fraction of sp³-hybridized carbons (Fsp3) is 0.200. The van der Waals surface area contributed by atoms with Crippen molar-refractivity contribution in [3.63, 3.8) is 0 Å². The minimum atomic E-state index is -3.79. The molecule has 1 aromatic heterocycles. The van der Waals surface area contributed by atoms with E-state index in [0.29, 0.717) is 15.6 Å². The molecule has 0 radical (unpaired) electrons. The Morgan fingerprint density at radius 1 is 1.24 bits per heavy atom. The van der Waals surface area contributed by atoms with Crippen LogP contribution in [-0.2, 0) is 14.8 Å². The molecule has 0 unspecified atom stereocenters. The second kappa shape index (κ2) is 7.96. The molecule has 10 heteroatoms. The summed E-state index contributed by atoms with van der Waals surface area (Å²) in [5.41, 5.74) is 0.783. The molecule has 0 bridgehead atoms. The Kier molecular flexibility index (Phi) is 6.17. The molecule has 134 valence electrons. The van der Waals surface area contributed by atoms with E-state index in [0.717, 1.165) is 15.6 Å². The van der Waals surface area contributed by atoms with Crippen LogP contribution in [0.2, 0.25) is 4.34 Å². The summed E-state index contributed by atoms with van der Waals surface area (Å²) < 4.78 is 26.1. The Bertz CT molecular complexity index is 896. The lowest BCUT2D eigenvalue weighted by molar-refractivity contribution is -0.116. The molecule has 2 rings (SSSR count). The summed E-state index contributed by atoms with van der Waals surface area (Å²) in [4.78, 5) is 23.7. The van der Waals surface area contributed by atoms with Crippen LogP contribution >= 0.6 is 22.9 Å². The molecule has 0 saturated heterocycles. The summed E-state index contributed by atoms with van der Waals surface area (Å²) in [6, 6.07) is 9.21. The fourth-order valence-electron chi connectivity index (χ4n) is 1.96. The third-order valence-corrected chi connectivity index (χ3v) is 6.72. The van der Waals surface area contributed by atoms with Crippen LogP contribution in [0.25, 0.3) is 0 Å². The molecule has 2 N–H and O–H groups in total. The molecule has 0 aliphatic rings. The van der Waals surface area contributed by atoms with Gasteiger partial charge in [0.2, 0.25) is 5.91 Å². The molecule has 0 aliphatic heterocycles. The molecular formula is C15H16ClN3O4S2. The number of carbonyl (C=O) groups is 2. The number of rotatable bonds is 6. The van der Waals surface area contributed by atoms with Gasteiger partial charge in [-0.3, -0.25) is 9.59 Å². The lowest BCUT2D eigenvalue weighted by Gasteiger charge is -2.15. The zero-order valence-corrected chi connectivity index (χ0v) is 15.8. The number of nitrogens with zero attached hydrogens (tertiary/aromatic N) is 1. The van der Waals surface area contributed by atoms with Crippen LogP contribution in [0.15, 0.2) is 40.6 Å². The summed E-state index contributed by atoms with van der Waals surface area (Å²) in [5, 5.41) is 5.06.